The summed E-state index contributed by atoms with van der Waals surface area (Å²) in [5.74, 6) is -1.44. The first-order valence-corrected chi connectivity index (χ1v) is 16.8. The molecule has 8 bridgehead atoms. The fraction of sp³-hybridized carbons (Fsp3) is 0.447. The molecule has 0 radical (unpaired) electrons. The summed E-state index contributed by atoms with van der Waals surface area (Å²) in [4.78, 5) is 55.0. The maximum absolute atomic E-state index is 13.7. The predicted octanol–water partition coefficient (Wildman–Crippen LogP) is 5.78. The highest BCUT2D eigenvalue weighted by atomic mass is 16.5. The van der Waals surface area contributed by atoms with Gasteiger partial charge in [-0.25, -0.2) is 9.78 Å². The highest BCUT2D eigenvalue weighted by Gasteiger charge is 2.55. The quantitative estimate of drug-likeness (QED) is 0.160. The third-order valence-corrected chi connectivity index (χ3v) is 10.4. The molecule has 12 heteroatoms. The van der Waals surface area contributed by atoms with E-state index in [2.05, 4.69) is 9.97 Å². The molecule has 0 aromatic carbocycles. The van der Waals surface area contributed by atoms with Gasteiger partial charge in [0.15, 0.2) is 0 Å². The molecule has 0 fully saturated rings. The predicted molar refractivity (Wildman–Crippen MR) is 189 cm³/mol. The number of fused-ring (bicyclic) bond motifs is 8. The molecule has 2 atom stereocenters. The minimum absolute atomic E-state index is 0.0223. The Hall–Kier alpha value is -4.81. The Bertz CT molecular complexity index is 2090. The van der Waals surface area contributed by atoms with Crippen molar-refractivity contribution in [1.82, 2.24) is 19.9 Å². The van der Waals surface area contributed by atoms with Crippen LogP contribution >= 0.6 is 0 Å². The van der Waals surface area contributed by atoms with E-state index in [1.165, 1.54) is 28.3 Å². The standard InChI is InChI=1S/C38H46N4O8/c1-10-22-19(3)26-16-25-20(4)23(12-14-31(43)48-7)28(39-25)17-29-24(13-15-32(44)49-8)21(5)27(40-29)18-30-37(6,46)38(47,11-2)35(42-30)33(34(22)41-26)36(45)50-9/h16-18,39-40,46-47H,10-15H2,1-9H3. The minimum Gasteiger partial charge on any atom is -0.469 e. The Kier molecular flexibility index (Phi) is 10.1. The number of hydrogen-bond donors (Lipinski definition) is 4. The lowest BCUT2D eigenvalue weighted by atomic mass is 9.78. The first-order chi connectivity index (χ1) is 23.7. The zero-order valence-electron chi connectivity index (χ0n) is 30.2. The molecule has 5 rings (SSSR count). The molecule has 2 aliphatic heterocycles. The summed E-state index contributed by atoms with van der Waals surface area (Å²) in [6, 6.07) is 5.52. The van der Waals surface area contributed by atoms with Crippen LogP contribution in [0.2, 0.25) is 0 Å². The number of carbonyl (C=O) groups is 3. The summed E-state index contributed by atoms with van der Waals surface area (Å²) in [5.41, 5.74) is 4.95. The molecule has 3 aromatic heterocycles. The van der Waals surface area contributed by atoms with Crippen molar-refractivity contribution in [3.63, 3.8) is 0 Å². The summed E-state index contributed by atoms with van der Waals surface area (Å²) >= 11 is 0. The van der Waals surface area contributed by atoms with Crippen LogP contribution < -0.4 is 0 Å². The van der Waals surface area contributed by atoms with Gasteiger partial charge in [-0.3, -0.25) is 14.6 Å². The van der Waals surface area contributed by atoms with E-state index in [0.717, 1.165) is 44.4 Å². The molecule has 12 nitrogen and oxygen atoms in total. The minimum atomic E-state index is -1.97. The van der Waals surface area contributed by atoms with Crippen LogP contribution in [-0.4, -0.2) is 69.4 Å². The lowest BCUT2D eigenvalue weighted by Gasteiger charge is -2.34. The number of methoxy groups -OCH3 is 3. The van der Waals surface area contributed by atoms with Crippen LogP contribution in [0.5, 0.6) is 0 Å². The highest BCUT2D eigenvalue weighted by molar-refractivity contribution is 6.02. The topological polar surface area (TPSA) is 177 Å². The Balaban J connectivity index is 2.03. The van der Waals surface area contributed by atoms with E-state index in [9.17, 15) is 24.6 Å². The highest BCUT2D eigenvalue weighted by Crippen LogP contribution is 2.48. The lowest BCUT2D eigenvalue weighted by molar-refractivity contribution is -0.149. The van der Waals surface area contributed by atoms with Gasteiger partial charge in [0.2, 0.25) is 0 Å². The van der Waals surface area contributed by atoms with Crippen molar-refractivity contribution in [2.75, 3.05) is 21.3 Å². The third-order valence-electron chi connectivity index (χ3n) is 10.4. The second kappa shape index (κ2) is 13.8. The van der Waals surface area contributed by atoms with Gasteiger partial charge in [0.25, 0.3) is 0 Å². The van der Waals surface area contributed by atoms with Crippen molar-refractivity contribution >= 4 is 51.1 Å². The zero-order chi connectivity index (χ0) is 36.7. The summed E-state index contributed by atoms with van der Waals surface area (Å²) in [7, 11) is 3.96. The molecule has 4 N–H and O–H groups in total. The normalized spacial score (nSPS) is 18.7. The van der Waals surface area contributed by atoms with Gasteiger partial charge in [-0.15, -0.1) is 0 Å². The average molecular weight is 687 g/mol. The third kappa shape index (κ3) is 6.00. The fourth-order valence-corrected chi connectivity index (χ4v) is 7.12. The number of hydrogen-bond acceptors (Lipinski definition) is 10. The van der Waals surface area contributed by atoms with Crippen molar-refractivity contribution in [1.29, 1.82) is 0 Å². The van der Waals surface area contributed by atoms with E-state index < -0.39 is 17.2 Å². The molecule has 0 saturated heterocycles. The largest absolute Gasteiger partial charge is 0.469 e. The van der Waals surface area contributed by atoms with Crippen LogP contribution in [0.25, 0.3) is 33.2 Å². The van der Waals surface area contributed by atoms with Gasteiger partial charge in [-0.05, 0) is 105 Å². The van der Waals surface area contributed by atoms with Gasteiger partial charge in [-0.2, -0.15) is 0 Å². The Morgan fingerprint density at radius 3 is 1.80 bits per heavy atom. The van der Waals surface area contributed by atoms with Crippen molar-refractivity contribution < 1.29 is 38.8 Å². The van der Waals surface area contributed by atoms with Crippen LogP contribution in [0.3, 0.4) is 0 Å². The molecule has 50 heavy (non-hydrogen) atoms. The number of nitrogens with zero attached hydrogens (tertiary/aromatic N) is 2. The monoisotopic (exact) mass is 686 g/mol. The maximum Gasteiger partial charge on any atom is 0.342 e. The van der Waals surface area contributed by atoms with Crippen LogP contribution in [0.15, 0.2) is 18.2 Å². The number of aryl methyl sites for hydroxylation is 4. The van der Waals surface area contributed by atoms with Gasteiger partial charge in [0.05, 0.1) is 44.1 Å². The number of allylic oxidation sites excluding steroid dienone is 2. The van der Waals surface area contributed by atoms with Crippen molar-refractivity contribution in [3.05, 3.63) is 68.8 Å². The van der Waals surface area contributed by atoms with Gasteiger partial charge in [-0.1, -0.05) is 13.8 Å². The first kappa shape index (κ1) is 36.5. The van der Waals surface area contributed by atoms with Gasteiger partial charge in [0.1, 0.15) is 16.8 Å². The second-order valence-electron chi connectivity index (χ2n) is 13.0. The van der Waals surface area contributed by atoms with E-state index >= 15 is 0 Å². The van der Waals surface area contributed by atoms with Crippen molar-refractivity contribution in [3.8, 4) is 0 Å². The van der Waals surface area contributed by atoms with Crippen LogP contribution in [-0.2, 0) is 47.8 Å². The molecule has 2 unspecified atom stereocenters. The molecule has 5 heterocycles. The van der Waals surface area contributed by atoms with E-state index in [1.54, 1.807) is 13.0 Å². The number of rotatable bonds is 9. The SMILES string of the molecule is CCC1=C(C)c2cc3[nH]c(cc4[nH]c(cc5nc(c(C(=O)OC)c1n2)C(O)(CC)C5(C)O)c(C)c4CCC(=O)OC)c(CCC(=O)OC)c3C. The second-order valence-corrected chi connectivity index (χ2v) is 13.0. The Labute approximate surface area is 290 Å². The summed E-state index contributed by atoms with van der Waals surface area (Å²) in [6.45, 7) is 10.9. The molecule has 266 valence electrons. The smallest absolute Gasteiger partial charge is 0.342 e. The summed E-state index contributed by atoms with van der Waals surface area (Å²) in [5, 5.41) is 24.3. The number of aromatic amines is 2. The molecule has 0 amide bonds. The van der Waals surface area contributed by atoms with Crippen LogP contribution in [0.4, 0.5) is 0 Å². The number of H-pyrrole nitrogens is 2. The van der Waals surface area contributed by atoms with E-state index in [0.29, 0.717) is 41.7 Å². The fourth-order valence-electron chi connectivity index (χ4n) is 7.12. The van der Waals surface area contributed by atoms with E-state index in [4.69, 9.17) is 24.2 Å². The molecular formula is C38H46N4O8. The van der Waals surface area contributed by atoms with E-state index in [1.807, 2.05) is 39.8 Å². The molecule has 0 spiro atoms. The molecule has 0 aliphatic carbocycles. The van der Waals surface area contributed by atoms with Gasteiger partial charge >= 0.3 is 17.9 Å². The zero-order valence-corrected chi connectivity index (χ0v) is 30.2. The van der Waals surface area contributed by atoms with Gasteiger partial charge in [0, 0.05) is 34.9 Å². The van der Waals surface area contributed by atoms with Crippen LogP contribution in [0.1, 0.15) is 109 Å². The number of aromatic nitrogens is 4. The number of aliphatic hydroxyl groups is 2. The molecule has 2 aliphatic rings. The average Bonchev–Trinajstić information content (AvgIpc) is 3.73. The maximum atomic E-state index is 13.7. The van der Waals surface area contributed by atoms with Crippen molar-refractivity contribution in [2.45, 2.75) is 91.3 Å². The molecule has 3 aromatic rings. The van der Waals surface area contributed by atoms with E-state index in [-0.39, 0.29) is 48.2 Å². The lowest BCUT2D eigenvalue weighted by Crippen LogP contribution is -2.44. The molecule has 0 saturated carbocycles. The summed E-state index contributed by atoms with van der Waals surface area (Å²) in [6.07, 6.45) is 1.59. The Morgan fingerprint density at radius 1 is 0.780 bits per heavy atom. The number of esters is 3. The Morgan fingerprint density at radius 2 is 1.32 bits per heavy atom. The number of ether oxygens (including phenoxy) is 3. The van der Waals surface area contributed by atoms with Crippen molar-refractivity contribution in [2.24, 2.45) is 0 Å². The molecular weight excluding hydrogens is 640 g/mol. The van der Waals surface area contributed by atoms with Crippen LogP contribution in [0, 0.1) is 13.8 Å². The number of carbonyl (C=O) groups excluding carboxylic acids is 3. The van der Waals surface area contributed by atoms with Gasteiger partial charge < -0.3 is 34.4 Å². The number of nitrogens with one attached hydrogen (secondary N) is 2. The summed E-state index contributed by atoms with van der Waals surface area (Å²) < 4.78 is 15.2. The first-order valence-electron chi connectivity index (χ1n) is 16.8.